The molecule has 2 heterocycles. The number of nitrogens with zero attached hydrogens (tertiary/aromatic N) is 4. The molecule has 0 unspecified atom stereocenters. The van der Waals surface area contributed by atoms with Gasteiger partial charge in [0.25, 0.3) is 0 Å². The van der Waals surface area contributed by atoms with Gasteiger partial charge in [-0.25, -0.2) is 0 Å². The highest BCUT2D eigenvalue weighted by Gasteiger charge is 2.37. The number of rotatable bonds is 8. The maximum atomic E-state index is 14.2. The highest BCUT2D eigenvalue weighted by Crippen LogP contribution is 2.37. The monoisotopic (exact) mass is 668 g/mol. The van der Waals surface area contributed by atoms with Gasteiger partial charge in [-0.1, -0.05) is 30.3 Å². The minimum Gasteiger partial charge on any atom is -0.480 e. The Morgan fingerprint density at radius 3 is 1.73 bits per heavy atom. The largest absolute Gasteiger partial charge is 0.480 e. The van der Waals surface area contributed by atoms with E-state index in [4.69, 9.17) is 9.47 Å². The van der Waals surface area contributed by atoms with Crippen LogP contribution in [0.5, 0.6) is 11.8 Å². The number of ether oxygens (including phenoxy) is 2. The number of ketones is 4. The first-order valence-corrected chi connectivity index (χ1v) is 15.0. The van der Waals surface area contributed by atoms with Crippen LogP contribution in [0.4, 0.5) is 13.2 Å². The van der Waals surface area contributed by atoms with Crippen molar-refractivity contribution in [2.45, 2.75) is 46.4 Å². The number of carbonyl (C=O) groups is 4. The minimum absolute atomic E-state index is 0.0348. The summed E-state index contributed by atoms with van der Waals surface area (Å²) in [4.78, 5) is 52.7. The lowest BCUT2D eigenvalue weighted by atomic mass is 9.82. The number of aromatic nitrogens is 4. The minimum atomic E-state index is -4.90. The maximum absolute atomic E-state index is 14.2. The van der Waals surface area contributed by atoms with Gasteiger partial charge in [-0.15, -0.1) is 10.2 Å². The Kier molecular flexibility index (Phi) is 8.53. The molecule has 6 rings (SSSR count). The number of fused-ring (bicyclic) bond motifs is 2. The summed E-state index contributed by atoms with van der Waals surface area (Å²) in [6.07, 6.45) is -5.17. The topological polar surface area (TPSA) is 138 Å². The summed E-state index contributed by atoms with van der Waals surface area (Å²) >= 11 is 0. The SMILES string of the molecule is COc1nnc(CC2=C(C)C(=O)c3cc(COc4nnc(CC5=C(C)C(=O)c6ccccc6C5=O)cc4C(F)(F)F)ccc3C2=O)cc1C. The first-order valence-electron chi connectivity index (χ1n) is 15.0. The van der Waals surface area contributed by atoms with Crippen molar-refractivity contribution >= 4 is 23.1 Å². The van der Waals surface area contributed by atoms with E-state index in [1.54, 1.807) is 25.1 Å². The second-order valence-corrected chi connectivity index (χ2v) is 11.7. The first-order chi connectivity index (χ1) is 23.3. The Balaban J connectivity index is 1.22. The van der Waals surface area contributed by atoms with Crippen LogP contribution < -0.4 is 9.47 Å². The summed E-state index contributed by atoms with van der Waals surface area (Å²) in [6.45, 7) is 4.34. The number of methoxy groups -OCH3 is 1. The Morgan fingerprint density at radius 1 is 0.633 bits per heavy atom. The number of halogens is 3. The second-order valence-electron chi connectivity index (χ2n) is 11.7. The zero-order valence-electron chi connectivity index (χ0n) is 26.7. The van der Waals surface area contributed by atoms with Crippen molar-refractivity contribution in [3.8, 4) is 11.8 Å². The van der Waals surface area contributed by atoms with Crippen molar-refractivity contribution in [3.63, 3.8) is 0 Å². The Labute approximate surface area is 277 Å². The van der Waals surface area contributed by atoms with E-state index < -0.39 is 35.8 Å². The van der Waals surface area contributed by atoms with E-state index in [2.05, 4.69) is 20.4 Å². The van der Waals surface area contributed by atoms with E-state index in [-0.39, 0.29) is 74.6 Å². The quantitative estimate of drug-likeness (QED) is 0.218. The fourth-order valence-electron chi connectivity index (χ4n) is 5.86. The van der Waals surface area contributed by atoms with Crippen molar-refractivity contribution in [3.05, 3.63) is 127 Å². The summed E-state index contributed by atoms with van der Waals surface area (Å²) in [5.41, 5.74) is 1.40. The van der Waals surface area contributed by atoms with Gasteiger partial charge in [0.1, 0.15) is 12.2 Å². The highest BCUT2D eigenvalue weighted by atomic mass is 19.4. The molecule has 2 aliphatic carbocycles. The summed E-state index contributed by atoms with van der Waals surface area (Å²) in [7, 11) is 1.47. The molecule has 2 aromatic carbocycles. The molecule has 248 valence electrons. The first kappa shape index (κ1) is 33.1. The highest BCUT2D eigenvalue weighted by molar-refractivity contribution is 6.27. The van der Waals surface area contributed by atoms with Crippen LogP contribution >= 0.6 is 0 Å². The van der Waals surface area contributed by atoms with Crippen LogP contribution in [0.2, 0.25) is 0 Å². The van der Waals surface area contributed by atoms with Gasteiger partial charge in [-0.3, -0.25) is 19.2 Å². The Bertz CT molecular complexity index is 2170. The van der Waals surface area contributed by atoms with Crippen LogP contribution in [-0.4, -0.2) is 50.6 Å². The molecule has 0 saturated carbocycles. The average molecular weight is 669 g/mol. The molecular formula is C36H27F3N4O6. The van der Waals surface area contributed by atoms with Gasteiger partial charge in [0.2, 0.25) is 11.8 Å². The summed E-state index contributed by atoms with van der Waals surface area (Å²) in [5.74, 6) is -2.10. The molecule has 0 bridgehead atoms. The fourth-order valence-corrected chi connectivity index (χ4v) is 5.86. The van der Waals surface area contributed by atoms with E-state index >= 15 is 0 Å². The standard InChI is InChI=1S/C36H27F3N4O6/c1-17-11-21(40-42-34(17)48-4)13-26-19(3)31(45)28-12-20(9-10-25(28)33(26)47)16-49-35-29(36(37,38)39)15-22(41-43-35)14-27-18(2)30(44)23-7-5-6-8-24(23)32(27)46/h5-12,15H,13-14,16H2,1-4H3. The van der Waals surface area contributed by atoms with Crippen LogP contribution in [-0.2, 0) is 25.6 Å². The summed E-state index contributed by atoms with van der Waals surface area (Å²) in [5, 5.41) is 15.6. The average Bonchev–Trinajstić information content (AvgIpc) is 3.09. The number of aryl methyl sites for hydroxylation is 1. The lowest BCUT2D eigenvalue weighted by Crippen LogP contribution is -2.23. The number of hydrogen-bond acceptors (Lipinski definition) is 10. The number of carbonyl (C=O) groups excluding carboxylic acids is 4. The van der Waals surface area contributed by atoms with Crippen molar-refractivity contribution in [2.24, 2.45) is 0 Å². The second kappa shape index (κ2) is 12.6. The molecule has 49 heavy (non-hydrogen) atoms. The van der Waals surface area contributed by atoms with Crippen LogP contribution in [0, 0.1) is 6.92 Å². The van der Waals surface area contributed by atoms with Gasteiger partial charge < -0.3 is 9.47 Å². The lowest BCUT2D eigenvalue weighted by Gasteiger charge is -2.20. The molecular weight excluding hydrogens is 641 g/mol. The molecule has 4 aromatic rings. The molecule has 0 fully saturated rings. The summed E-state index contributed by atoms with van der Waals surface area (Å²) < 4.78 is 53.1. The molecule has 2 aromatic heterocycles. The summed E-state index contributed by atoms with van der Waals surface area (Å²) in [6, 6.07) is 13.0. The Morgan fingerprint density at radius 2 is 1.16 bits per heavy atom. The van der Waals surface area contributed by atoms with E-state index in [0.29, 0.717) is 22.7 Å². The van der Waals surface area contributed by atoms with Gasteiger partial charge in [-0.2, -0.15) is 23.4 Å². The molecule has 0 aliphatic heterocycles. The number of hydrogen-bond donors (Lipinski definition) is 0. The maximum Gasteiger partial charge on any atom is 0.421 e. The number of benzene rings is 2. The normalized spacial score (nSPS) is 14.7. The smallest absolute Gasteiger partial charge is 0.421 e. The van der Waals surface area contributed by atoms with Gasteiger partial charge in [0, 0.05) is 63.0 Å². The molecule has 0 atom stereocenters. The van der Waals surface area contributed by atoms with Crippen molar-refractivity contribution in [2.75, 3.05) is 7.11 Å². The van der Waals surface area contributed by atoms with Crippen molar-refractivity contribution in [1.29, 1.82) is 0 Å². The van der Waals surface area contributed by atoms with Gasteiger partial charge in [0.05, 0.1) is 18.5 Å². The molecule has 0 saturated heterocycles. The number of alkyl halides is 3. The van der Waals surface area contributed by atoms with Crippen LogP contribution in [0.25, 0.3) is 0 Å². The van der Waals surface area contributed by atoms with Gasteiger partial charge in [0.15, 0.2) is 23.1 Å². The lowest BCUT2D eigenvalue weighted by molar-refractivity contribution is -0.139. The fraction of sp³-hybridized carbons (Fsp3) is 0.222. The van der Waals surface area contributed by atoms with Crippen LogP contribution in [0.1, 0.15) is 83.4 Å². The predicted octanol–water partition coefficient (Wildman–Crippen LogP) is 6.06. The van der Waals surface area contributed by atoms with E-state index in [9.17, 15) is 32.3 Å². The number of Topliss-reactive ketones (excluding diaryl/α,β-unsaturated/α-hetero) is 4. The third kappa shape index (κ3) is 6.15. The van der Waals surface area contributed by atoms with Gasteiger partial charge in [-0.05, 0) is 50.6 Å². The predicted molar refractivity (Wildman–Crippen MR) is 168 cm³/mol. The molecule has 0 radical (unpaired) electrons. The van der Waals surface area contributed by atoms with Crippen LogP contribution in [0.3, 0.4) is 0 Å². The zero-order valence-corrected chi connectivity index (χ0v) is 26.7. The molecule has 0 spiro atoms. The molecule has 10 nitrogen and oxygen atoms in total. The molecule has 2 aliphatic rings. The van der Waals surface area contributed by atoms with Crippen molar-refractivity contribution < 1.29 is 41.8 Å². The third-order valence-corrected chi connectivity index (χ3v) is 8.51. The van der Waals surface area contributed by atoms with Gasteiger partial charge >= 0.3 is 6.18 Å². The third-order valence-electron chi connectivity index (χ3n) is 8.51. The zero-order chi connectivity index (χ0) is 35.2. The van der Waals surface area contributed by atoms with E-state index in [1.165, 1.54) is 51.3 Å². The number of allylic oxidation sites excluding steroid dienone is 4. The molecule has 13 heteroatoms. The van der Waals surface area contributed by atoms with E-state index in [1.807, 2.05) is 0 Å². The Hall–Kier alpha value is -5.85. The van der Waals surface area contributed by atoms with E-state index in [0.717, 1.165) is 6.07 Å². The van der Waals surface area contributed by atoms with Crippen LogP contribution in [0.15, 0.2) is 76.9 Å². The molecule has 0 N–H and O–H groups in total. The van der Waals surface area contributed by atoms with Crippen molar-refractivity contribution in [1.82, 2.24) is 20.4 Å². The molecule has 0 amide bonds.